The second kappa shape index (κ2) is 5.04. The summed E-state index contributed by atoms with van der Waals surface area (Å²) >= 11 is 0. The summed E-state index contributed by atoms with van der Waals surface area (Å²) in [6, 6.07) is 0. The van der Waals surface area contributed by atoms with E-state index in [1.165, 1.54) is 7.11 Å². The molecular weight excluding hydrogens is 124 g/mol. The molecule has 0 atom stereocenters. The maximum Gasteiger partial charge on any atom is 0.436 e. The third-order valence-electron chi connectivity index (χ3n) is 0.503. The molecule has 2 N–H and O–H groups in total. The number of ether oxygens (including phenoxy) is 2. The molecule has 0 bridgehead atoms. The van der Waals surface area contributed by atoms with Crippen LogP contribution in [0.5, 0.6) is 0 Å². The van der Waals surface area contributed by atoms with Gasteiger partial charge in [-0.2, -0.15) is 0 Å². The number of hydrogen-bond acceptors (Lipinski definition) is 4. The van der Waals surface area contributed by atoms with Crippen LogP contribution in [0.1, 0.15) is 0 Å². The first kappa shape index (κ1) is 7.90. The normalized spacial score (nSPS) is 9.56. The molecule has 0 spiro atoms. The van der Waals surface area contributed by atoms with Crippen molar-refractivity contribution >= 4 is 12.5 Å². The van der Waals surface area contributed by atoms with Gasteiger partial charge in [-0.1, -0.05) is 0 Å². The van der Waals surface area contributed by atoms with E-state index >= 15 is 0 Å². The summed E-state index contributed by atoms with van der Waals surface area (Å²) < 4.78 is 8.53. The number of amides is 1. The van der Waals surface area contributed by atoms with Gasteiger partial charge in [0.25, 0.3) is 0 Å². The Kier molecular flexibility index (Phi) is 4.43. The zero-order valence-electron chi connectivity index (χ0n) is 5.03. The Balaban J connectivity index is 3.32. The van der Waals surface area contributed by atoms with Gasteiger partial charge in [0.2, 0.25) is 0 Å². The third-order valence-corrected chi connectivity index (χ3v) is 0.503. The fourth-order valence-electron chi connectivity index (χ4n) is 0.176. The monoisotopic (exact) mass is 132 g/mol. The standard InChI is InChI=1S/C4H8N2O3/c1-8-4(7)6-3-9-2-5/h3H,2,5H2,1H3. The van der Waals surface area contributed by atoms with Gasteiger partial charge in [0.1, 0.15) is 6.73 Å². The lowest BCUT2D eigenvalue weighted by atomic mass is 11.1. The van der Waals surface area contributed by atoms with Crippen LogP contribution in [0.2, 0.25) is 0 Å². The van der Waals surface area contributed by atoms with Crippen LogP contribution in [0, 0.1) is 0 Å². The van der Waals surface area contributed by atoms with Gasteiger partial charge < -0.3 is 9.47 Å². The van der Waals surface area contributed by atoms with E-state index in [0.29, 0.717) is 0 Å². The minimum atomic E-state index is -0.705. The highest BCUT2D eigenvalue weighted by molar-refractivity contribution is 5.76. The molecule has 1 amide bonds. The molecule has 5 heteroatoms. The van der Waals surface area contributed by atoms with Crippen LogP contribution in [0.4, 0.5) is 4.79 Å². The summed E-state index contributed by atoms with van der Waals surface area (Å²) in [6.45, 7) is 0.000490. The highest BCUT2D eigenvalue weighted by atomic mass is 16.5. The molecule has 52 valence electrons. The molecule has 0 unspecified atom stereocenters. The maximum atomic E-state index is 10.1. The Morgan fingerprint density at radius 3 is 3.00 bits per heavy atom. The molecule has 0 radical (unpaired) electrons. The Morgan fingerprint density at radius 2 is 2.56 bits per heavy atom. The van der Waals surface area contributed by atoms with Gasteiger partial charge in [0.15, 0.2) is 6.40 Å². The molecule has 0 aliphatic heterocycles. The average Bonchev–Trinajstić information content (AvgIpc) is 1.89. The van der Waals surface area contributed by atoms with Crippen molar-refractivity contribution in [3.8, 4) is 0 Å². The molecule has 0 aromatic heterocycles. The van der Waals surface area contributed by atoms with E-state index in [1.807, 2.05) is 0 Å². The summed E-state index contributed by atoms with van der Waals surface area (Å²) in [7, 11) is 1.22. The van der Waals surface area contributed by atoms with Crippen molar-refractivity contribution in [2.24, 2.45) is 10.7 Å². The number of hydrogen-bond donors (Lipinski definition) is 1. The van der Waals surface area contributed by atoms with E-state index in [0.717, 1.165) is 6.40 Å². The van der Waals surface area contributed by atoms with Crippen molar-refractivity contribution in [2.45, 2.75) is 0 Å². The number of aliphatic imine (C=N–C) groups is 1. The van der Waals surface area contributed by atoms with Gasteiger partial charge in [0, 0.05) is 0 Å². The molecule has 0 saturated carbocycles. The second-order valence-electron chi connectivity index (χ2n) is 1.04. The highest BCUT2D eigenvalue weighted by Gasteiger charge is 1.88. The topological polar surface area (TPSA) is 73.9 Å². The number of carbonyl (C=O) groups excluding carboxylic acids is 1. The minimum Gasteiger partial charge on any atom is -0.468 e. The van der Waals surface area contributed by atoms with E-state index in [4.69, 9.17) is 5.73 Å². The molecule has 0 aliphatic carbocycles. The van der Waals surface area contributed by atoms with Crippen LogP contribution < -0.4 is 5.73 Å². The fraction of sp³-hybridized carbons (Fsp3) is 0.500. The summed E-state index contributed by atoms with van der Waals surface area (Å²) in [5.41, 5.74) is 4.89. The van der Waals surface area contributed by atoms with E-state index in [2.05, 4.69) is 14.5 Å². The number of carbonyl (C=O) groups is 1. The van der Waals surface area contributed by atoms with Gasteiger partial charge in [-0.05, 0) is 0 Å². The quantitative estimate of drug-likeness (QED) is 0.318. The highest BCUT2D eigenvalue weighted by Crippen LogP contribution is 1.76. The molecule has 9 heavy (non-hydrogen) atoms. The van der Waals surface area contributed by atoms with Crippen molar-refractivity contribution in [3.05, 3.63) is 0 Å². The van der Waals surface area contributed by atoms with Crippen molar-refractivity contribution in [2.75, 3.05) is 13.8 Å². The molecule has 5 nitrogen and oxygen atoms in total. The van der Waals surface area contributed by atoms with Crippen LogP contribution in [0.15, 0.2) is 4.99 Å². The molecule has 0 aromatic carbocycles. The van der Waals surface area contributed by atoms with E-state index < -0.39 is 6.09 Å². The third kappa shape index (κ3) is 4.76. The SMILES string of the molecule is COC(=O)N=COCN. The Bertz CT molecular complexity index is 112. The Morgan fingerprint density at radius 1 is 1.89 bits per heavy atom. The molecule has 0 fully saturated rings. The zero-order valence-corrected chi connectivity index (χ0v) is 5.03. The van der Waals surface area contributed by atoms with Crippen LogP contribution >= 0.6 is 0 Å². The minimum absolute atomic E-state index is 0.000490. The van der Waals surface area contributed by atoms with Crippen molar-refractivity contribution in [3.63, 3.8) is 0 Å². The van der Waals surface area contributed by atoms with Gasteiger partial charge in [-0.25, -0.2) is 4.79 Å². The molecule has 0 saturated heterocycles. The number of nitrogens with two attached hydrogens (primary N) is 1. The zero-order chi connectivity index (χ0) is 7.11. The molecule has 0 heterocycles. The average molecular weight is 132 g/mol. The molecular formula is C4H8N2O3. The maximum absolute atomic E-state index is 10.1. The largest absolute Gasteiger partial charge is 0.468 e. The fourth-order valence-corrected chi connectivity index (χ4v) is 0.176. The van der Waals surface area contributed by atoms with Crippen LogP contribution in [0.25, 0.3) is 0 Å². The Labute approximate surface area is 52.5 Å². The van der Waals surface area contributed by atoms with Crippen LogP contribution in [0.3, 0.4) is 0 Å². The van der Waals surface area contributed by atoms with E-state index in [1.54, 1.807) is 0 Å². The van der Waals surface area contributed by atoms with Gasteiger partial charge in [-0.3, -0.25) is 5.73 Å². The molecule has 0 aromatic rings. The smallest absolute Gasteiger partial charge is 0.436 e. The predicted molar refractivity (Wildman–Crippen MR) is 31.0 cm³/mol. The van der Waals surface area contributed by atoms with Crippen molar-refractivity contribution in [1.82, 2.24) is 0 Å². The van der Waals surface area contributed by atoms with Crippen molar-refractivity contribution < 1.29 is 14.3 Å². The lowest BCUT2D eigenvalue weighted by Gasteiger charge is -1.90. The first-order valence-electron chi connectivity index (χ1n) is 2.23. The predicted octanol–water partition coefficient (Wildman–Crippen LogP) is -0.286. The second-order valence-corrected chi connectivity index (χ2v) is 1.04. The summed E-state index contributed by atoms with van der Waals surface area (Å²) in [5, 5.41) is 0. The summed E-state index contributed by atoms with van der Waals surface area (Å²) in [6.07, 6.45) is 0.231. The summed E-state index contributed by atoms with van der Waals surface area (Å²) in [5.74, 6) is 0. The van der Waals surface area contributed by atoms with Gasteiger partial charge >= 0.3 is 6.09 Å². The first-order valence-corrected chi connectivity index (χ1v) is 2.23. The molecule has 0 rings (SSSR count). The van der Waals surface area contributed by atoms with Crippen LogP contribution in [-0.4, -0.2) is 26.3 Å². The van der Waals surface area contributed by atoms with Crippen LogP contribution in [-0.2, 0) is 9.47 Å². The first-order chi connectivity index (χ1) is 4.31. The van der Waals surface area contributed by atoms with Crippen molar-refractivity contribution in [1.29, 1.82) is 0 Å². The number of nitrogens with zero attached hydrogens (tertiary/aromatic N) is 1. The Hall–Kier alpha value is -1.10. The summed E-state index contributed by atoms with van der Waals surface area (Å²) in [4.78, 5) is 13.3. The van der Waals surface area contributed by atoms with E-state index in [-0.39, 0.29) is 6.73 Å². The van der Waals surface area contributed by atoms with E-state index in [9.17, 15) is 4.79 Å². The number of rotatable bonds is 2. The lowest BCUT2D eigenvalue weighted by Crippen LogP contribution is -2.03. The molecule has 0 aliphatic rings. The van der Waals surface area contributed by atoms with Gasteiger partial charge in [0.05, 0.1) is 7.11 Å². The number of methoxy groups -OCH3 is 1. The lowest BCUT2D eigenvalue weighted by molar-refractivity contribution is 0.181. The van der Waals surface area contributed by atoms with Gasteiger partial charge in [-0.15, -0.1) is 4.99 Å².